The molecule has 4 rings (SSSR count). The number of rotatable bonds is 3. The van der Waals surface area contributed by atoms with Gasteiger partial charge in [-0.05, 0) is 37.1 Å². The Balaban J connectivity index is 1.51. The lowest BCUT2D eigenvalue weighted by Gasteiger charge is -2.30. The van der Waals surface area contributed by atoms with Gasteiger partial charge < -0.3 is 10.2 Å². The molecule has 0 fully saturated rings. The van der Waals surface area contributed by atoms with E-state index in [-0.39, 0.29) is 23.9 Å². The number of halogens is 1. The van der Waals surface area contributed by atoms with E-state index in [0.717, 1.165) is 33.0 Å². The van der Waals surface area contributed by atoms with E-state index in [1.807, 2.05) is 37.3 Å². The molecule has 1 aromatic heterocycles. The Labute approximate surface area is 165 Å². The molecule has 0 saturated heterocycles. The summed E-state index contributed by atoms with van der Waals surface area (Å²) in [7, 11) is 1.77. The third-order valence-electron chi connectivity index (χ3n) is 4.89. The minimum Gasteiger partial charge on any atom is -0.331 e. The van der Waals surface area contributed by atoms with Crippen LogP contribution in [0.4, 0.5) is 9.18 Å². The summed E-state index contributed by atoms with van der Waals surface area (Å²) >= 11 is 3.11. The summed E-state index contributed by atoms with van der Waals surface area (Å²) in [4.78, 5) is 19.8. The Morgan fingerprint density at radius 3 is 2.93 bits per heavy atom. The van der Waals surface area contributed by atoms with Crippen molar-refractivity contribution in [2.75, 3.05) is 12.8 Å². The van der Waals surface area contributed by atoms with Crippen molar-refractivity contribution >= 4 is 39.3 Å². The van der Waals surface area contributed by atoms with Crippen LogP contribution in [0.5, 0.6) is 0 Å². The van der Waals surface area contributed by atoms with Crippen molar-refractivity contribution < 1.29 is 9.18 Å². The predicted octanol–water partition coefficient (Wildman–Crippen LogP) is 5.37. The van der Waals surface area contributed by atoms with Crippen molar-refractivity contribution in [3.63, 3.8) is 0 Å². The number of nitrogens with one attached hydrogen (secondary N) is 1. The minimum atomic E-state index is -0.215. The van der Waals surface area contributed by atoms with Crippen molar-refractivity contribution in [1.29, 1.82) is 0 Å². The number of hydrogen-bond acceptors (Lipinski definition) is 4. The molecule has 3 aromatic rings. The SMILES string of the molecule is C[C@@H](c1nc2ccccc2s1)N(C)C(=O)N[C@H]1CCSc2c(F)cccc21. The number of aromatic nitrogens is 1. The van der Waals surface area contributed by atoms with E-state index in [1.165, 1.54) is 17.8 Å². The van der Waals surface area contributed by atoms with Gasteiger partial charge in [-0.25, -0.2) is 14.2 Å². The van der Waals surface area contributed by atoms with Crippen molar-refractivity contribution in [2.45, 2.75) is 30.3 Å². The Bertz CT molecular complexity index is 957. The molecule has 0 unspecified atom stereocenters. The number of hydrogen-bond donors (Lipinski definition) is 1. The van der Waals surface area contributed by atoms with Crippen LogP contribution in [0.1, 0.15) is 36.0 Å². The van der Waals surface area contributed by atoms with Crippen molar-refractivity contribution in [2.24, 2.45) is 0 Å². The minimum absolute atomic E-state index is 0.146. The van der Waals surface area contributed by atoms with Crippen LogP contribution in [0.15, 0.2) is 47.4 Å². The van der Waals surface area contributed by atoms with Gasteiger partial charge in [0.2, 0.25) is 0 Å². The number of amides is 2. The van der Waals surface area contributed by atoms with Crippen LogP contribution in [0, 0.1) is 5.82 Å². The molecule has 2 atom stereocenters. The number of fused-ring (bicyclic) bond motifs is 2. The van der Waals surface area contributed by atoms with Crippen molar-refractivity contribution in [3.8, 4) is 0 Å². The first kappa shape index (κ1) is 18.3. The lowest BCUT2D eigenvalue weighted by atomic mass is 10.0. The molecule has 2 heterocycles. The fourth-order valence-electron chi connectivity index (χ4n) is 3.20. The molecule has 1 aliphatic rings. The monoisotopic (exact) mass is 401 g/mol. The van der Waals surface area contributed by atoms with Crippen LogP contribution >= 0.6 is 23.1 Å². The quantitative estimate of drug-likeness (QED) is 0.641. The fraction of sp³-hybridized carbons (Fsp3) is 0.300. The second kappa shape index (κ2) is 7.48. The fourth-order valence-corrected chi connectivity index (χ4v) is 5.40. The van der Waals surface area contributed by atoms with Gasteiger partial charge >= 0.3 is 6.03 Å². The number of benzene rings is 2. The van der Waals surface area contributed by atoms with Crippen LogP contribution in [-0.4, -0.2) is 28.7 Å². The van der Waals surface area contributed by atoms with Gasteiger partial charge in [0, 0.05) is 17.7 Å². The van der Waals surface area contributed by atoms with E-state index in [1.54, 1.807) is 29.4 Å². The highest BCUT2D eigenvalue weighted by molar-refractivity contribution is 7.99. The first-order valence-electron chi connectivity index (χ1n) is 8.84. The molecule has 0 saturated carbocycles. The lowest BCUT2D eigenvalue weighted by molar-refractivity contribution is 0.189. The van der Waals surface area contributed by atoms with E-state index in [9.17, 15) is 9.18 Å². The third kappa shape index (κ3) is 3.53. The molecule has 1 aliphatic heterocycles. The molecule has 4 nitrogen and oxygen atoms in total. The van der Waals surface area contributed by atoms with E-state index in [4.69, 9.17) is 0 Å². The van der Waals surface area contributed by atoms with Gasteiger partial charge in [-0.1, -0.05) is 24.3 Å². The first-order valence-corrected chi connectivity index (χ1v) is 10.6. The van der Waals surface area contributed by atoms with Gasteiger partial charge in [-0.3, -0.25) is 0 Å². The molecule has 140 valence electrons. The van der Waals surface area contributed by atoms with Crippen molar-refractivity contribution in [3.05, 3.63) is 58.9 Å². The summed E-state index contributed by atoms with van der Waals surface area (Å²) in [5.41, 5.74) is 1.81. The lowest BCUT2D eigenvalue weighted by Crippen LogP contribution is -2.41. The Hall–Kier alpha value is -2.12. The normalized spacial score (nSPS) is 17.4. The first-order chi connectivity index (χ1) is 13.0. The molecule has 0 spiro atoms. The average Bonchev–Trinajstić information content (AvgIpc) is 3.12. The number of nitrogens with zero attached hydrogens (tertiary/aromatic N) is 2. The number of carbonyl (C=O) groups excluding carboxylic acids is 1. The molecule has 0 bridgehead atoms. The maximum absolute atomic E-state index is 14.0. The van der Waals surface area contributed by atoms with Gasteiger partial charge in [0.15, 0.2) is 0 Å². The summed E-state index contributed by atoms with van der Waals surface area (Å²) in [5.74, 6) is 0.573. The highest BCUT2D eigenvalue weighted by atomic mass is 32.2. The summed E-state index contributed by atoms with van der Waals surface area (Å²) in [6.07, 6.45) is 0.788. The molecule has 2 aromatic carbocycles. The number of urea groups is 1. The molecular weight excluding hydrogens is 381 g/mol. The summed E-state index contributed by atoms with van der Waals surface area (Å²) in [5, 5.41) is 3.97. The van der Waals surface area contributed by atoms with Gasteiger partial charge in [0.1, 0.15) is 10.8 Å². The van der Waals surface area contributed by atoms with Crippen LogP contribution in [0.2, 0.25) is 0 Å². The Morgan fingerprint density at radius 2 is 2.11 bits per heavy atom. The zero-order valence-electron chi connectivity index (χ0n) is 15.1. The Kier molecular flexibility index (Phi) is 5.06. The summed E-state index contributed by atoms with van der Waals surface area (Å²) < 4.78 is 15.2. The molecule has 7 heteroatoms. The zero-order valence-corrected chi connectivity index (χ0v) is 16.7. The largest absolute Gasteiger partial charge is 0.331 e. The van der Waals surface area contributed by atoms with Gasteiger partial charge in [0.05, 0.1) is 22.3 Å². The van der Waals surface area contributed by atoms with Gasteiger partial charge in [0.25, 0.3) is 0 Å². The smallest absolute Gasteiger partial charge is 0.318 e. The molecule has 2 amide bonds. The second-order valence-corrected chi connectivity index (χ2v) is 8.77. The van der Waals surface area contributed by atoms with Crippen LogP contribution in [0.3, 0.4) is 0 Å². The molecule has 1 N–H and O–H groups in total. The van der Waals surface area contributed by atoms with E-state index >= 15 is 0 Å². The number of thiazole rings is 1. The number of para-hydroxylation sites is 1. The van der Waals surface area contributed by atoms with Crippen LogP contribution < -0.4 is 5.32 Å². The van der Waals surface area contributed by atoms with Gasteiger partial charge in [-0.15, -0.1) is 23.1 Å². The Morgan fingerprint density at radius 1 is 1.30 bits per heavy atom. The van der Waals surface area contributed by atoms with E-state index < -0.39 is 0 Å². The average molecular weight is 402 g/mol. The van der Waals surface area contributed by atoms with Crippen molar-refractivity contribution in [1.82, 2.24) is 15.2 Å². The summed E-state index contributed by atoms with van der Waals surface area (Å²) in [6, 6.07) is 12.5. The maximum atomic E-state index is 14.0. The standard InChI is InChI=1S/C20H20FN3OS2/c1-12(19-22-16-8-3-4-9-17(16)27-19)24(2)20(25)23-15-10-11-26-18-13(15)6-5-7-14(18)21/h3-9,12,15H,10-11H2,1-2H3,(H,23,25)/t12-,15-/m0/s1. The van der Waals surface area contributed by atoms with E-state index in [2.05, 4.69) is 10.3 Å². The highest BCUT2D eigenvalue weighted by Gasteiger charge is 2.27. The van der Waals surface area contributed by atoms with Crippen LogP contribution in [0.25, 0.3) is 10.2 Å². The zero-order chi connectivity index (χ0) is 19.0. The molecule has 27 heavy (non-hydrogen) atoms. The third-order valence-corrected chi connectivity index (χ3v) is 7.26. The second-order valence-electron chi connectivity index (χ2n) is 6.60. The highest BCUT2D eigenvalue weighted by Crippen LogP contribution is 2.38. The molecule has 0 radical (unpaired) electrons. The number of carbonyl (C=O) groups is 1. The molecular formula is C20H20FN3OS2. The summed E-state index contributed by atoms with van der Waals surface area (Å²) in [6.45, 7) is 1.97. The van der Waals surface area contributed by atoms with Crippen LogP contribution in [-0.2, 0) is 0 Å². The maximum Gasteiger partial charge on any atom is 0.318 e. The molecule has 0 aliphatic carbocycles. The number of thioether (sulfide) groups is 1. The van der Waals surface area contributed by atoms with Gasteiger partial charge in [-0.2, -0.15) is 0 Å². The topological polar surface area (TPSA) is 45.2 Å². The predicted molar refractivity (Wildman–Crippen MR) is 109 cm³/mol. The van der Waals surface area contributed by atoms with E-state index in [0.29, 0.717) is 4.90 Å².